The van der Waals surface area contributed by atoms with Crippen LogP contribution in [0.25, 0.3) is 0 Å². The number of carbonyl (C=O) groups excluding carboxylic acids is 1. The summed E-state index contributed by atoms with van der Waals surface area (Å²) in [4.78, 5) is 11.9. The second-order valence-corrected chi connectivity index (χ2v) is 4.52. The summed E-state index contributed by atoms with van der Waals surface area (Å²) in [6.45, 7) is 8.41. The number of rotatable bonds is 3. The van der Waals surface area contributed by atoms with Gasteiger partial charge < -0.3 is 11.1 Å². The summed E-state index contributed by atoms with van der Waals surface area (Å²) in [5, 5.41) is 2.85. The fraction of sp³-hybridized carbons (Fsp3) is 0.357. The first-order valence-corrected chi connectivity index (χ1v) is 5.70. The summed E-state index contributed by atoms with van der Waals surface area (Å²) in [6.07, 6.45) is 1.98. The van der Waals surface area contributed by atoms with Crippen molar-refractivity contribution < 1.29 is 4.79 Å². The maximum atomic E-state index is 11.9. The minimum atomic E-state index is -0.0771. The molecule has 3 N–H and O–H groups in total. The largest absolute Gasteiger partial charge is 0.398 e. The Bertz CT molecular complexity index is 458. The minimum absolute atomic E-state index is 0.0771. The van der Waals surface area contributed by atoms with Crippen LogP contribution in [0.5, 0.6) is 0 Å². The lowest BCUT2D eigenvalue weighted by Gasteiger charge is -2.09. The molecule has 3 nitrogen and oxygen atoms in total. The predicted molar refractivity (Wildman–Crippen MR) is 72.1 cm³/mol. The van der Waals surface area contributed by atoms with Gasteiger partial charge in [0.15, 0.2) is 0 Å². The summed E-state index contributed by atoms with van der Waals surface area (Å²) in [6, 6.07) is 3.67. The zero-order chi connectivity index (χ0) is 13.0. The van der Waals surface area contributed by atoms with Gasteiger partial charge in [-0.2, -0.15) is 0 Å². The molecule has 0 bridgehead atoms. The Morgan fingerprint density at radius 1 is 1.29 bits per heavy atom. The van der Waals surface area contributed by atoms with Crippen molar-refractivity contribution in [1.82, 2.24) is 5.32 Å². The van der Waals surface area contributed by atoms with Crippen molar-refractivity contribution in [2.45, 2.75) is 27.7 Å². The molecule has 0 aliphatic rings. The number of hydrogen-bond acceptors (Lipinski definition) is 2. The average molecular weight is 232 g/mol. The number of nitrogens with one attached hydrogen (secondary N) is 1. The Balaban J connectivity index is 2.82. The maximum Gasteiger partial charge on any atom is 0.251 e. The van der Waals surface area contributed by atoms with E-state index in [1.54, 1.807) is 6.07 Å². The molecule has 0 heterocycles. The number of allylic oxidation sites excluding steroid dienone is 1. The molecule has 1 amide bonds. The Hall–Kier alpha value is -1.77. The van der Waals surface area contributed by atoms with Crippen molar-refractivity contribution >= 4 is 11.6 Å². The SMILES string of the molecule is CC(C)=CCNC(=O)c1cc(N)c(C)cc1C. The van der Waals surface area contributed by atoms with E-state index in [1.807, 2.05) is 39.8 Å². The normalized spacial score (nSPS) is 9.88. The highest BCUT2D eigenvalue weighted by atomic mass is 16.1. The van der Waals surface area contributed by atoms with Crippen molar-refractivity contribution in [2.24, 2.45) is 0 Å². The van der Waals surface area contributed by atoms with Crippen LogP contribution in [0.4, 0.5) is 5.69 Å². The van der Waals surface area contributed by atoms with Crippen LogP contribution in [0.1, 0.15) is 35.3 Å². The van der Waals surface area contributed by atoms with Crippen LogP contribution >= 0.6 is 0 Å². The van der Waals surface area contributed by atoms with Crippen LogP contribution in [-0.4, -0.2) is 12.5 Å². The average Bonchev–Trinajstić information content (AvgIpc) is 2.22. The van der Waals surface area contributed by atoms with Gasteiger partial charge in [-0.25, -0.2) is 0 Å². The highest BCUT2D eigenvalue weighted by Crippen LogP contribution is 2.17. The first-order valence-electron chi connectivity index (χ1n) is 5.70. The Labute approximate surface area is 103 Å². The van der Waals surface area contributed by atoms with Crippen LogP contribution in [-0.2, 0) is 0 Å². The topological polar surface area (TPSA) is 55.1 Å². The number of amides is 1. The van der Waals surface area contributed by atoms with Gasteiger partial charge in [0.1, 0.15) is 0 Å². The highest BCUT2D eigenvalue weighted by Gasteiger charge is 2.09. The maximum absolute atomic E-state index is 11.9. The third-order valence-corrected chi connectivity index (χ3v) is 2.63. The van der Waals surface area contributed by atoms with E-state index in [9.17, 15) is 4.79 Å². The Kier molecular flexibility index (Phi) is 4.32. The fourth-order valence-corrected chi connectivity index (χ4v) is 1.56. The van der Waals surface area contributed by atoms with Crippen LogP contribution in [0.15, 0.2) is 23.8 Å². The molecule has 0 spiro atoms. The van der Waals surface area contributed by atoms with E-state index in [0.29, 0.717) is 17.8 Å². The first kappa shape index (κ1) is 13.3. The van der Waals surface area contributed by atoms with Crippen molar-refractivity contribution in [3.63, 3.8) is 0 Å². The Morgan fingerprint density at radius 2 is 1.94 bits per heavy atom. The van der Waals surface area contributed by atoms with Crippen LogP contribution in [0.2, 0.25) is 0 Å². The highest BCUT2D eigenvalue weighted by molar-refractivity contribution is 5.96. The van der Waals surface area contributed by atoms with E-state index < -0.39 is 0 Å². The summed E-state index contributed by atoms with van der Waals surface area (Å²) in [7, 11) is 0. The summed E-state index contributed by atoms with van der Waals surface area (Å²) >= 11 is 0. The van der Waals surface area contributed by atoms with Gasteiger partial charge in [-0.1, -0.05) is 17.7 Å². The van der Waals surface area contributed by atoms with E-state index in [4.69, 9.17) is 5.73 Å². The molecule has 92 valence electrons. The Morgan fingerprint density at radius 3 is 2.53 bits per heavy atom. The van der Waals surface area contributed by atoms with Crippen LogP contribution < -0.4 is 11.1 Å². The molecule has 1 aromatic rings. The lowest BCUT2D eigenvalue weighted by molar-refractivity contribution is 0.0957. The first-order chi connectivity index (χ1) is 7.91. The number of carbonyl (C=O) groups is 1. The monoisotopic (exact) mass is 232 g/mol. The molecule has 0 saturated heterocycles. The summed E-state index contributed by atoms with van der Waals surface area (Å²) < 4.78 is 0. The van der Waals surface area contributed by atoms with E-state index >= 15 is 0 Å². The van der Waals surface area contributed by atoms with Gasteiger partial charge in [-0.3, -0.25) is 4.79 Å². The van der Waals surface area contributed by atoms with Gasteiger partial charge in [-0.15, -0.1) is 0 Å². The lowest BCUT2D eigenvalue weighted by atomic mass is 10.0. The molecule has 0 unspecified atom stereocenters. The van der Waals surface area contributed by atoms with Crippen LogP contribution in [0, 0.1) is 13.8 Å². The smallest absolute Gasteiger partial charge is 0.251 e. The van der Waals surface area contributed by atoms with Gasteiger partial charge >= 0.3 is 0 Å². The summed E-state index contributed by atoms with van der Waals surface area (Å²) in [5.74, 6) is -0.0771. The molecule has 3 heteroatoms. The van der Waals surface area contributed by atoms with Gasteiger partial charge in [0, 0.05) is 17.8 Å². The lowest BCUT2D eigenvalue weighted by Crippen LogP contribution is -2.24. The van der Waals surface area contributed by atoms with E-state index in [-0.39, 0.29) is 5.91 Å². The third-order valence-electron chi connectivity index (χ3n) is 2.63. The molecule has 0 aliphatic heterocycles. The third kappa shape index (κ3) is 3.63. The molecule has 0 atom stereocenters. The molecule has 17 heavy (non-hydrogen) atoms. The molecule has 0 aromatic heterocycles. The number of nitrogen functional groups attached to an aromatic ring is 1. The second kappa shape index (κ2) is 5.53. The molecule has 1 aromatic carbocycles. The molecule has 1 rings (SSSR count). The quantitative estimate of drug-likeness (QED) is 0.621. The number of anilines is 1. The van der Waals surface area contributed by atoms with Gasteiger partial charge in [0.2, 0.25) is 0 Å². The van der Waals surface area contributed by atoms with Crippen LogP contribution in [0.3, 0.4) is 0 Å². The second-order valence-electron chi connectivity index (χ2n) is 4.52. The molecule has 0 radical (unpaired) electrons. The zero-order valence-corrected chi connectivity index (χ0v) is 10.9. The van der Waals surface area contributed by atoms with Gasteiger partial charge in [-0.05, 0) is 44.9 Å². The zero-order valence-electron chi connectivity index (χ0n) is 10.9. The van der Waals surface area contributed by atoms with Crippen molar-refractivity contribution in [3.05, 3.63) is 40.5 Å². The van der Waals surface area contributed by atoms with E-state index in [2.05, 4.69) is 5.32 Å². The molecule has 0 fully saturated rings. The number of nitrogens with two attached hydrogens (primary N) is 1. The fourth-order valence-electron chi connectivity index (χ4n) is 1.56. The van der Waals surface area contributed by atoms with Crippen molar-refractivity contribution in [3.8, 4) is 0 Å². The predicted octanol–water partition coefficient (Wildman–Crippen LogP) is 2.58. The standard InChI is InChI=1S/C14H20N2O/c1-9(2)5-6-16-14(17)12-8-13(15)11(4)7-10(12)3/h5,7-8H,6,15H2,1-4H3,(H,16,17). The van der Waals surface area contributed by atoms with Gasteiger partial charge in [0.05, 0.1) is 0 Å². The van der Waals surface area contributed by atoms with Crippen molar-refractivity contribution in [1.29, 1.82) is 0 Å². The molecular weight excluding hydrogens is 212 g/mol. The van der Waals surface area contributed by atoms with E-state index in [0.717, 1.165) is 11.1 Å². The summed E-state index contributed by atoms with van der Waals surface area (Å²) in [5.41, 5.74) is 10.3. The number of aryl methyl sites for hydroxylation is 2. The van der Waals surface area contributed by atoms with Gasteiger partial charge in [0.25, 0.3) is 5.91 Å². The van der Waals surface area contributed by atoms with Crippen molar-refractivity contribution in [2.75, 3.05) is 12.3 Å². The molecule has 0 aliphatic carbocycles. The number of hydrogen-bond donors (Lipinski definition) is 2. The molecule has 0 saturated carbocycles. The molecular formula is C14H20N2O. The van der Waals surface area contributed by atoms with E-state index in [1.165, 1.54) is 5.57 Å². The number of benzene rings is 1. The minimum Gasteiger partial charge on any atom is -0.398 e.